The maximum Gasteiger partial charge on any atom is 2.00 e. The third-order valence-corrected chi connectivity index (χ3v) is 11.5. The van der Waals surface area contributed by atoms with Gasteiger partial charge in [-0.15, -0.1) is 0 Å². The van der Waals surface area contributed by atoms with Crippen LogP contribution in [-0.2, 0) is 50.7 Å². The van der Waals surface area contributed by atoms with E-state index in [1.54, 1.807) is 0 Å². The fraction of sp³-hybridized carbons (Fsp3) is 0.571. The Bertz CT molecular complexity index is 2120. The first-order valence-corrected chi connectivity index (χ1v) is 22.3. The number of benzene rings is 2. The van der Waals surface area contributed by atoms with Crippen LogP contribution in [0, 0.1) is 21.7 Å². The van der Waals surface area contributed by atoms with Gasteiger partial charge in [0.15, 0.2) is 0 Å². The summed E-state index contributed by atoms with van der Waals surface area (Å²) in [7, 11) is 0. The SMILES string of the molecule is CC(C)(C)C1=CC(=Nc2cc(C(C)(C)C)cc(C(C)(C)C)c2[O-])C(=O)C(C(C)(C)C)=C1.CC(C)(C)C1=CC(=Nc2cc(C(C)(C)C)cc(C(C)(C)C)c2[O-])C(=O)C(C(C)(C)C)=C1.[Zn+2]. The van der Waals surface area contributed by atoms with Crippen LogP contribution in [-0.4, -0.2) is 23.0 Å². The van der Waals surface area contributed by atoms with Gasteiger partial charge in [-0.1, -0.05) is 202 Å². The molecule has 0 N–H and O–H groups in total. The summed E-state index contributed by atoms with van der Waals surface area (Å²) in [4.78, 5) is 36.2. The van der Waals surface area contributed by atoms with E-state index in [1.807, 2.05) is 132 Å². The first-order chi connectivity index (χ1) is 27.5. The summed E-state index contributed by atoms with van der Waals surface area (Å²) >= 11 is 0. The molecule has 0 amide bonds. The summed E-state index contributed by atoms with van der Waals surface area (Å²) in [6.45, 7) is 50.0. The van der Waals surface area contributed by atoms with Crippen LogP contribution in [0.25, 0.3) is 0 Å². The molecule has 0 heterocycles. The van der Waals surface area contributed by atoms with Crippen LogP contribution in [0.5, 0.6) is 11.5 Å². The number of aliphatic imine (C=N–C) groups is 2. The van der Waals surface area contributed by atoms with Crippen molar-refractivity contribution in [2.45, 2.75) is 188 Å². The van der Waals surface area contributed by atoms with Crippen LogP contribution in [0.4, 0.5) is 11.4 Å². The van der Waals surface area contributed by atoms with Crippen LogP contribution in [0.1, 0.15) is 188 Å². The maximum atomic E-state index is 13.4. The van der Waals surface area contributed by atoms with Crippen molar-refractivity contribution in [2.24, 2.45) is 31.6 Å². The molecule has 63 heavy (non-hydrogen) atoms. The van der Waals surface area contributed by atoms with Crippen molar-refractivity contribution in [1.82, 2.24) is 0 Å². The van der Waals surface area contributed by atoms with E-state index in [1.165, 1.54) is 0 Å². The Balaban J connectivity index is 0.000000427. The second kappa shape index (κ2) is 18.3. The van der Waals surface area contributed by atoms with Crippen molar-refractivity contribution < 1.29 is 39.3 Å². The monoisotopic (exact) mass is 909 g/mol. The minimum Gasteiger partial charge on any atom is -0.871 e. The molecule has 7 heteroatoms. The molecule has 0 aliphatic heterocycles. The van der Waals surface area contributed by atoms with Crippen LogP contribution >= 0.6 is 0 Å². The topological polar surface area (TPSA) is 105 Å². The molecule has 2 aromatic rings. The van der Waals surface area contributed by atoms with E-state index in [-0.39, 0.29) is 85.9 Å². The molecule has 2 aliphatic rings. The molecule has 2 aromatic carbocycles. The normalized spacial score (nSPS) is 17.4. The quantitative estimate of drug-likeness (QED) is 0.221. The summed E-state index contributed by atoms with van der Waals surface area (Å²) in [6.07, 6.45) is 7.73. The largest absolute Gasteiger partial charge is 2.00 e. The van der Waals surface area contributed by atoms with E-state index in [9.17, 15) is 19.8 Å². The molecule has 4 rings (SSSR count). The molecule has 0 saturated carbocycles. The molecule has 0 radical (unpaired) electrons. The molecule has 0 aromatic heterocycles. The van der Waals surface area contributed by atoms with Gasteiger partial charge < -0.3 is 10.2 Å². The molecule has 340 valence electrons. The van der Waals surface area contributed by atoms with Gasteiger partial charge in [0.2, 0.25) is 11.6 Å². The number of ketones is 2. The van der Waals surface area contributed by atoms with Gasteiger partial charge in [-0.2, -0.15) is 0 Å². The molecule has 2 aliphatic carbocycles. The first kappa shape index (κ1) is 55.4. The van der Waals surface area contributed by atoms with E-state index < -0.39 is 0 Å². The Labute approximate surface area is 395 Å². The number of Topliss-reactive ketones (excluding diaryl/α,β-unsaturated/α-hetero) is 2. The Morgan fingerprint density at radius 3 is 0.841 bits per heavy atom. The predicted octanol–water partition coefficient (Wildman–Crippen LogP) is 13.9. The molecular weight excluding hydrogens is 830 g/mol. The predicted molar refractivity (Wildman–Crippen MR) is 261 cm³/mol. The standard InChI is InChI=1S/2C28H41NO2.Zn/c2*1-25(2,3)17-13-19(27(7,8)9)23(30)21(15-17)29-22-16-18(26(4,5)6)14-20(24(22)31)28(10,11)12;/h2*13-16,30H,1-12H3;/q;;+2/p-2. The van der Waals surface area contributed by atoms with E-state index in [4.69, 9.17) is 9.98 Å². The molecule has 0 bridgehead atoms. The number of carbonyl (C=O) groups excluding carboxylic acids is 2. The number of carbonyl (C=O) groups is 2. The third-order valence-electron chi connectivity index (χ3n) is 11.5. The average Bonchev–Trinajstić information content (AvgIpc) is 3.04. The summed E-state index contributed by atoms with van der Waals surface area (Å²) in [5.41, 5.74) is 6.70. The van der Waals surface area contributed by atoms with Crippen LogP contribution in [0.3, 0.4) is 0 Å². The number of hydrogen-bond acceptors (Lipinski definition) is 6. The van der Waals surface area contributed by atoms with Gasteiger partial charge in [-0.3, -0.25) is 9.59 Å². The Hall–Kier alpha value is -3.70. The van der Waals surface area contributed by atoms with E-state index >= 15 is 0 Å². The molecule has 0 saturated heterocycles. The number of allylic oxidation sites excluding steroid dienone is 8. The number of hydrogen-bond donors (Lipinski definition) is 0. The van der Waals surface area contributed by atoms with E-state index in [0.717, 1.165) is 44.5 Å². The summed E-state index contributed by atoms with van der Waals surface area (Å²) in [5.74, 6) is -0.395. The van der Waals surface area contributed by atoms with Gasteiger partial charge >= 0.3 is 19.5 Å². The third kappa shape index (κ3) is 13.7. The summed E-state index contributed by atoms with van der Waals surface area (Å²) < 4.78 is 0. The molecule has 6 nitrogen and oxygen atoms in total. The van der Waals surface area contributed by atoms with Gasteiger partial charge in [-0.25, -0.2) is 9.98 Å². The molecule has 0 unspecified atom stereocenters. The number of nitrogens with zero attached hydrogens (tertiary/aromatic N) is 2. The molecule has 0 spiro atoms. The minimum atomic E-state index is -0.313. The zero-order valence-corrected chi connectivity index (χ0v) is 46.8. The van der Waals surface area contributed by atoms with Crippen LogP contribution in [0.2, 0.25) is 0 Å². The Morgan fingerprint density at radius 1 is 0.365 bits per heavy atom. The smallest absolute Gasteiger partial charge is 0.871 e. The van der Waals surface area contributed by atoms with Gasteiger partial charge in [-0.05, 0) is 101 Å². The maximum absolute atomic E-state index is 13.4. The van der Waals surface area contributed by atoms with Crippen molar-refractivity contribution in [2.75, 3.05) is 0 Å². The van der Waals surface area contributed by atoms with Crippen LogP contribution in [0.15, 0.2) is 80.8 Å². The van der Waals surface area contributed by atoms with Crippen LogP contribution < -0.4 is 10.2 Å². The van der Waals surface area contributed by atoms with E-state index in [0.29, 0.717) is 22.8 Å². The average molecular weight is 911 g/mol. The van der Waals surface area contributed by atoms with Crippen molar-refractivity contribution in [3.63, 3.8) is 0 Å². The first-order valence-electron chi connectivity index (χ1n) is 22.3. The van der Waals surface area contributed by atoms with Gasteiger partial charge in [0.25, 0.3) is 0 Å². The zero-order valence-electron chi connectivity index (χ0n) is 43.9. The van der Waals surface area contributed by atoms with Crippen molar-refractivity contribution >= 4 is 34.4 Å². The Morgan fingerprint density at radius 2 is 0.635 bits per heavy atom. The van der Waals surface area contributed by atoms with Gasteiger partial charge in [0.1, 0.15) is 11.4 Å². The van der Waals surface area contributed by atoms with Gasteiger partial charge in [0.05, 0.1) is 11.4 Å². The second-order valence-electron chi connectivity index (χ2n) is 25.7. The summed E-state index contributed by atoms with van der Waals surface area (Å²) in [6, 6.07) is 7.73. The molecular formula is C56H80N2O4Zn. The summed E-state index contributed by atoms with van der Waals surface area (Å²) in [5, 5.41) is 26.8. The van der Waals surface area contributed by atoms with Crippen molar-refractivity contribution in [1.29, 1.82) is 0 Å². The molecule has 0 fully saturated rings. The van der Waals surface area contributed by atoms with Crippen molar-refractivity contribution in [3.05, 3.63) is 93.1 Å². The van der Waals surface area contributed by atoms with E-state index in [2.05, 4.69) is 83.1 Å². The fourth-order valence-electron chi connectivity index (χ4n) is 7.01. The molecule has 0 atom stereocenters. The Kier molecular flexibility index (Phi) is 16.1. The van der Waals surface area contributed by atoms with Gasteiger partial charge in [0, 0.05) is 11.1 Å². The zero-order chi connectivity index (χ0) is 48.3. The number of rotatable bonds is 2. The minimum absolute atomic E-state index is 0. The van der Waals surface area contributed by atoms with Crippen molar-refractivity contribution in [3.8, 4) is 11.5 Å². The second-order valence-corrected chi connectivity index (χ2v) is 25.7. The fourth-order valence-corrected chi connectivity index (χ4v) is 7.01.